The van der Waals surface area contributed by atoms with Gasteiger partial charge in [-0.25, -0.2) is 14.8 Å². The van der Waals surface area contributed by atoms with E-state index in [1.807, 2.05) is 12.1 Å². The smallest absolute Gasteiger partial charge is 0.338 e. The van der Waals surface area contributed by atoms with E-state index in [-0.39, 0.29) is 11.9 Å². The molecule has 1 aliphatic carbocycles. The van der Waals surface area contributed by atoms with Crippen LogP contribution in [0.1, 0.15) is 59.7 Å². The van der Waals surface area contributed by atoms with Crippen LogP contribution in [0.25, 0.3) is 11.3 Å². The number of nitrogens with one attached hydrogen (secondary N) is 1. The van der Waals surface area contributed by atoms with Gasteiger partial charge in [0.1, 0.15) is 10.7 Å². The Kier molecular flexibility index (Phi) is 8.73. The summed E-state index contributed by atoms with van der Waals surface area (Å²) in [5.74, 6) is -0.245. The molecular formula is C29H35N5O4S. The van der Waals surface area contributed by atoms with Gasteiger partial charge in [-0.2, -0.15) is 0 Å². The van der Waals surface area contributed by atoms with Gasteiger partial charge in [0.2, 0.25) is 5.88 Å². The van der Waals surface area contributed by atoms with Crippen LogP contribution in [0, 0.1) is 0 Å². The van der Waals surface area contributed by atoms with E-state index in [9.17, 15) is 9.59 Å². The molecule has 1 aromatic carbocycles. The molecule has 1 aliphatic heterocycles. The molecular weight excluding hydrogens is 514 g/mol. The van der Waals surface area contributed by atoms with Crippen molar-refractivity contribution >= 4 is 33.3 Å². The molecule has 0 radical (unpaired) electrons. The standard InChI is InChI=1S/C29H35N5O4S/c1-3-38-28(36)21-11-9-20(10-12-21)25-27(34-17-15-33(16-18-34)23-7-5-4-6-8-23)39-29(31-25)32-26(35)22-13-14-30-24(19-22)37-2/h9-14,19,23H,3-8,15-18H2,1-2H3,(H,31,32,35). The molecule has 1 amide bonds. The molecule has 0 spiro atoms. The van der Waals surface area contributed by atoms with E-state index < -0.39 is 0 Å². The Labute approximate surface area is 233 Å². The molecule has 1 saturated carbocycles. The van der Waals surface area contributed by atoms with Crippen LogP contribution in [0.4, 0.5) is 10.1 Å². The van der Waals surface area contributed by atoms with Crippen LogP contribution in [-0.2, 0) is 4.74 Å². The molecule has 3 heterocycles. The Morgan fingerprint density at radius 3 is 2.46 bits per heavy atom. The third kappa shape index (κ3) is 6.39. The lowest BCUT2D eigenvalue weighted by Crippen LogP contribution is -2.50. The van der Waals surface area contributed by atoms with Crippen LogP contribution in [0.3, 0.4) is 0 Å². The first kappa shape index (κ1) is 27.1. The number of piperazine rings is 1. The van der Waals surface area contributed by atoms with Gasteiger partial charge < -0.3 is 14.4 Å². The minimum atomic E-state index is -0.345. The first-order valence-electron chi connectivity index (χ1n) is 13.6. The van der Waals surface area contributed by atoms with Crippen LogP contribution >= 0.6 is 11.3 Å². The number of aromatic nitrogens is 2. The topological polar surface area (TPSA) is 96.9 Å². The highest BCUT2D eigenvalue weighted by atomic mass is 32.1. The van der Waals surface area contributed by atoms with E-state index in [0.717, 1.165) is 42.4 Å². The van der Waals surface area contributed by atoms with Crippen molar-refractivity contribution in [3.63, 3.8) is 0 Å². The summed E-state index contributed by atoms with van der Waals surface area (Å²) in [5, 5.41) is 4.50. The van der Waals surface area contributed by atoms with Crippen molar-refractivity contribution in [1.82, 2.24) is 14.9 Å². The lowest BCUT2D eigenvalue weighted by atomic mass is 9.94. The number of nitrogens with zero attached hydrogens (tertiary/aromatic N) is 4. The molecule has 1 saturated heterocycles. The molecule has 39 heavy (non-hydrogen) atoms. The van der Waals surface area contributed by atoms with E-state index in [4.69, 9.17) is 14.5 Å². The minimum absolute atomic E-state index is 0.276. The number of amides is 1. The zero-order valence-electron chi connectivity index (χ0n) is 22.5. The largest absolute Gasteiger partial charge is 0.481 e. The number of hydrogen-bond acceptors (Lipinski definition) is 9. The number of anilines is 2. The van der Waals surface area contributed by atoms with E-state index in [0.29, 0.717) is 34.8 Å². The molecule has 9 nitrogen and oxygen atoms in total. The van der Waals surface area contributed by atoms with Crippen molar-refractivity contribution < 1.29 is 19.1 Å². The van der Waals surface area contributed by atoms with Gasteiger partial charge in [0.05, 0.1) is 19.3 Å². The number of thiazole rings is 1. The fourth-order valence-corrected chi connectivity index (χ4v) is 6.35. The average Bonchev–Trinajstić information content (AvgIpc) is 3.41. The third-order valence-electron chi connectivity index (χ3n) is 7.40. The summed E-state index contributed by atoms with van der Waals surface area (Å²) < 4.78 is 10.3. The number of hydrogen-bond donors (Lipinski definition) is 1. The molecule has 1 N–H and O–H groups in total. The summed E-state index contributed by atoms with van der Waals surface area (Å²) >= 11 is 1.48. The molecule has 0 unspecified atom stereocenters. The molecule has 2 aliphatic rings. The van der Waals surface area contributed by atoms with Crippen LogP contribution in [0.2, 0.25) is 0 Å². The number of esters is 1. The van der Waals surface area contributed by atoms with Crippen molar-refractivity contribution in [1.29, 1.82) is 0 Å². The third-order valence-corrected chi connectivity index (χ3v) is 8.43. The number of ether oxygens (including phenoxy) is 2. The van der Waals surface area contributed by atoms with Crippen molar-refractivity contribution in [2.45, 2.75) is 45.1 Å². The Balaban J connectivity index is 1.38. The SMILES string of the molecule is CCOC(=O)c1ccc(-c2nc(NC(=O)c3ccnc(OC)c3)sc2N2CCN(C3CCCCC3)CC2)cc1. The molecule has 2 aromatic heterocycles. The fourth-order valence-electron chi connectivity index (χ4n) is 5.31. The maximum atomic E-state index is 13.0. The summed E-state index contributed by atoms with van der Waals surface area (Å²) in [6, 6.07) is 11.3. The Bertz CT molecular complexity index is 1280. The average molecular weight is 550 g/mol. The summed E-state index contributed by atoms with van der Waals surface area (Å²) in [6.45, 7) is 5.96. The quantitative estimate of drug-likeness (QED) is 0.388. The first-order valence-corrected chi connectivity index (χ1v) is 14.5. The van der Waals surface area contributed by atoms with Gasteiger partial charge in [0.15, 0.2) is 5.13 Å². The molecule has 10 heteroatoms. The fraction of sp³-hybridized carbons (Fsp3) is 0.448. The van der Waals surface area contributed by atoms with Crippen molar-refractivity contribution in [2.24, 2.45) is 0 Å². The molecule has 2 fully saturated rings. The number of benzene rings is 1. The molecule has 0 atom stereocenters. The van der Waals surface area contributed by atoms with Crippen LogP contribution in [-0.4, -0.2) is 72.7 Å². The number of carbonyl (C=O) groups is 2. The predicted octanol–water partition coefficient (Wildman–Crippen LogP) is 5.10. The van der Waals surface area contributed by atoms with Gasteiger partial charge >= 0.3 is 5.97 Å². The van der Waals surface area contributed by atoms with Crippen LogP contribution in [0.15, 0.2) is 42.6 Å². The Morgan fingerprint density at radius 2 is 1.77 bits per heavy atom. The highest BCUT2D eigenvalue weighted by Crippen LogP contribution is 2.40. The number of carbonyl (C=O) groups excluding carboxylic acids is 2. The summed E-state index contributed by atoms with van der Waals surface area (Å²) in [7, 11) is 1.52. The maximum absolute atomic E-state index is 13.0. The number of rotatable bonds is 8. The Hall–Kier alpha value is -3.50. The summed E-state index contributed by atoms with van der Waals surface area (Å²) in [6.07, 6.45) is 8.17. The van der Waals surface area contributed by atoms with Gasteiger partial charge in [-0.15, -0.1) is 0 Å². The molecule has 5 rings (SSSR count). The lowest BCUT2D eigenvalue weighted by Gasteiger charge is -2.41. The minimum Gasteiger partial charge on any atom is -0.481 e. The lowest BCUT2D eigenvalue weighted by molar-refractivity contribution is 0.0526. The van der Waals surface area contributed by atoms with Crippen LogP contribution < -0.4 is 15.0 Å². The van der Waals surface area contributed by atoms with Crippen molar-refractivity contribution in [2.75, 3.05) is 50.1 Å². The number of methoxy groups -OCH3 is 1. The zero-order chi connectivity index (χ0) is 27.2. The summed E-state index contributed by atoms with van der Waals surface area (Å²) in [5.41, 5.74) is 2.62. The van der Waals surface area contributed by atoms with Gasteiger partial charge in [-0.3, -0.25) is 15.0 Å². The molecule has 206 valence electrons. The second kappa shape index (κ2) is 12.6. The molecule has 3 aromatic rings. The van der Waals surface area contributed by atoms with Gasteiger partial charge in [-0.05, 0) is 38.0 Å². The molecule has 0 bridgehead atoms. The van der Waals surface area contributed by atoms with Gasteiger partial charge in [0.25, 0.3) is 5.91 Å². The van der Waals surface area contributed by atoms with E-state index in [1.165, 1.54) is 50.6 Å². The number of pyridine rings is 1. The van der Waals surface area contributed by atoms with Crippen LogP contribution in [0.5, 0.6) is 5.88 Å². The zero-order valence-corrected chi connectivity index (χ0v) is 23.3. The van der Waals surface area contributed by atoms with Gasteiger partial charge in [0, 0.05) is 55.6 Å². The second-order valence-electron chi connectivity index (χ2n) is 9.83. The van der Waals surface area contributed by atoms with E-state index in [2.05, 4.69) is 20.1 Å². The van der Waals surface area contributed by atoms with Crippen molar-refractivity contribution in [3.8, 4) is 17.1 Å². The normalized spacial score (nSPS) is 16.6. The van der Waals surface area contributed by atoms with E-state index in [1.54, 1.807) is 37.4 Å². The van der Waals surface area contributed by atoms with E-state index >= 15 is 0 Å². The van der Waals surface area contributed by atoms with Gasteiger partial charge in [-0.1, -0.05) is 42.7 Å². The highest BCUT2D eigenvalue weighted by Gasteiger charge is 2.28. The second-order valence-corrected chi connectivity index (χ2v) is 10.8. The first-order chi connectivity index (χ1) is 19.1. The Morgan fingerprint density at radius 1 is 1.03 bits per heavy atom. The predicted molar refractivity (Wildman–Crippen MR) is 153 cm³/mol. The monoisotopic (exact) mass is 549 g/mol. The summed E-state index contributed by atoms with van der Waals surface area (Å²) in [4.78, 5) is 39.1. The highest BCUT2D eigenvalue weighted by molar-refractivity contribution is 7.20. The maximum Gasteiger partial charge on any atom is 0.338 e. The van der Waals surface area contributed by atoms with Crippen molar-refractivity contribution in [3.05, 3.63) is 53.7 Å².